The molecule has 2 nitrogen and oxygen atoms in total. The van der Waals surface area contributed by atoms with E-state index in [4.69, 9.17) is 5.73 Å². The Kier molecular flexibility index (Phi) is 4.14. The van der Waals surface area contributed by atoms with E-state index in [0.29, 0.717) is 11.8 Å². The Morgan fingerprint density at radius 2 is 1.55 bits per heavy atom. The molecule has 2 unspecified atom stereocenters. The molecule has 2 N–H and O–H groups in total. The van der Waals surface area contributed by atoms with Gasteiger partial charge in [0.25, 0.3) is 0 Å². The van der Waals surface area contributed by atoms with E-state index in [1.165, 1.54) is 11.1 Å². The average molecular weight is 266 g/mol. The van der Waals surface area contributed by atoms with Gasteiger partial charge in [-0.15, -0.1) is 0 Å². The van der Waals surface area contributed by atoms with Crippen molar-refractivity contribution in [3.63, 3.8) is 0 Å². The quantitative estimate of drug-likeness (QED) is 0.922. The maximum absolute atomic E-state index is 5.99. The molecular formula is C18H22N2. The summed E-state index contributed by atoms with van der Waals surface area (Å²) in [6.45, 7) is 4.01. The molecule has 0 spiro atoms. The minimum absolute atomic E-state index is 0.570. The van der Waals surface area contributed by atoms with Gasteiger partial charge in [0, 0.05) is 25.6 Å². The van der Waals surface area contributed by atoms with Crippen LogP contribution >= 0.6 is 0 Å². The average Bonchev–Trinajstić information content (AvgIpc) is 2.92. The monoisotopic (exact) mass is 266 g/mol. The predicted molar refractivity (Wildman–Crippen MR) is 83.4 cm³/mol. The van der Waals surface area contributed by atoms with Gasteiger partial charge in [0.05, 0.1) is 0 Å². The third-order valence-electron chi connectivity index (χ3n) is 4.30. The Bertz CT molecular complexity index is 524. The fraction of sp³-hybridized carbons (Fsp3) is 0.333. The fourth-order valence-electron chi connectivity index (χ4n) is 3.25. The standard InChI is InChI=1S/C18H22N2/c19-11-17-13-20(12-15-7-3-1-4-8-15)14-18(17)16-9-5-2-6-10-16/h1-10,17-18H,11-14,19H2. The Balaban J connectivity index is 1.71. The molecule has 0 bridgehead atoms. The van der Waals surface area contributed by atoms with E-state index in [0.717, 1.165) is 26.2 Å². The van der Waals surface area contributed by atoms with Crippen molar-refractivity contribution in [2.24, 2.45) is 11.7 Å². The second-order valence-electron chi connectivity index (χ2n) is 5.69. The lowest BCUT2D eigenvalue weighted by Gasteiger charge is -2.16. The van der Waals surface area contributed by atoms with Crippen molar-refractivity contribution in [1.29, 1.82) is 0 Å². The first-order chi connectivity index (χ1) is 9.86. The highest BCUT2D eigenvalue weighted by molar-refractivity contribution is 5.23. The van der Waals surface area contributed by atoms with Crippen LogP contribution in [0.3, 0.4) is 0 Å². The van der Waals surface area contributed by atoms with Crippen LogP contribution in [-0.2, 0) is 6.54 Å². The normalized spacial score (nSPS) is 23.1. The number of benzene rings is 2. The summed E-state index contributed by atoms with van der Waals surface area (Å²) in [6, 6.07) is 21.5. The van der Waals surface area contributed by atoms with Gasteiger partial charge in [-0.2, -0.15) is 0 Å². The zero-order chi connectivity index (χ0) is 13.8. The van der Waals surface area contributed by atoms with Gasteiger partial charge in [0.2, 0.25) is 0 Å². The van der Waals surface area contributed by atoms with Crippen molar-refractivity contribution in [2.45, 2.75) is 12.5 Å². The molecule has 1 heterocycles. The predicted octanol–water partition coefficient (Wildman–Crippen LogP) is 2.86. The van der Waals surface area contributed by atoms with Crippen LogP contribution in [0.4, 0.5) is 0 Å². The van der Waals surface area contributed by atoms with Gasteiger partial charge in [0.1, 0.15) is 0 Å². The summed E-state index contributed by atoms with van der Waals surface area (Å²) in [7, 11) is 0. The second kappa shape index (κ2) is 6.21. The van der Waals surface area contributed by atoms with Gasteiger partial charge < -0.3 is 5.73 Å². The molecule has 2 aromatic carbocycles. The number of likely N-dealkylation sites (tertiary alicyclic amines) is 1. The van der Waals surface area contributed by atoms with Crippen LogP contribution in [0, 0.1) is 5.92 Å². The number of hydrogen-bond donors (Lipinski definition) is 1. The molecule has 2 heteroatoms. The molecule has 0 aliphatic carbocycles. The van der Waals surface area contributed by atoms with Crippen molar-refractivity contribution in [3.05, 3.63) is 71.8 Å². The van der Waals surface area contributed by atoms with Crippen molar-refractivity contribution < 1.29 is 0 Å². The molecule has 0 radical (unpaired) electrons. The number of nitrogens with two attached hydrogens (primary N) is 1. The molecule has 2 atom stereocenters. The van der Waals surface area contributed by atoms with Gasteiger partial charge >= 0.3 is 0 Å². The lowest BCUT2D eigenvalue weighted by Crippen LogP contribution is -2.23. The van der Waals surface area contributed by atoms with Crippen LogP contribution < -0.4 is 5.73 Å². The maximum Gasteiger partial charge on any atom is 0.0234 e. The molecule has 104 valence electrons. The first-order valence-corrected chi connectivity index (χ1v) is 7.38. The van der Waals surface area contributed by atoms with Crippen LogP contribution in [0.2, 0.25) is 0 Å². The lowest BCUT2D eigenvalue weighted by molar-refractivity contribution is 0.317. The summed E-state index contributed by atoms with van der Waals surface area (Å²) < 4.78 is 0. The molecule has 2 aromatic rings. The first-order valence-electron chi connectivity index (χ1n) is 7.38. The van der Waals surface area contributed by atoms with Crippen molar-refractivity contribution in [3.8, 4) is 0 Å². The van der Waals surface area contributed by atoms with E-state index in [1.54, 1.807) is 0 Å². The zero-order valence-electron chi connectivity index (χ0n) is 11.8. The summed E-state index contributed by atoms with van der Waals surface area (Å²) in [5.74, 6) is 1.14. The topological polar surface area (TPSA) is 29.3 Å². The molecular weight excluding hydrogens is 244 g/mol. The molecule has 1 aliphatic rings. The maximum atomic E-state index is 5.99. The minimum atomic E-state index is 0.570. The van der Waals surface area contributed by atoms with Crippen LogP contribution in [0.5, 0.6) is 0 Å². The van der Waals surface area contributed by atoms with E-state index in [9.17, 15) is 0 Å². The van der Waals surface area contributed by atoms with Crippen molar-refractivity contribution in [2.75, 3.05) is 19.6 Å². The van der Waals surface area contributed by atoms with E-state index in [1.807, 2.05) is 0 Å². The van der Waals surface area contributed by atoms with Crippen molar-refractivity contribution >= 4 is 0 Å². The van der Waals surface area contributed by atoms with Gasteiger partial charge in [-0.05, 0) is 23.6 Å². The van der Waals surface area contributed by atoms with Crippen molar-refractivity contribution in [1.82, 2.24) is 4.90 Å². The minimum Gasteiger partial charge on any atom is -0.330 e. The van der Waals surface area contributed by atoms with E-state index < -0.39 is 0 Å². The molecule has 1 saturated heterocycles. The van der Waals surface area contributed by atoms with E-state index in [2.05, 4.69) is 65.6 Å². The van der Waals surface area contributed by atoms with Gasteiger partial charge in [-0.1, -0.05) is 60.7 Å². The Morgan fingerprint density at radius 3 is 2.20 bits per heavy atom. The largest absolute Gasteiger partial charge is 0.330 e. The van der Waals surface area contributed by atoms with Gasteiger partial charge in [-0.25, -0.2) is 0 Å². The van der Waals surface area contributed by atoms with Gasteiger partial charge in [0.15, 0.2) is 0 Å². The van der Waals surface area contributed by atoms with Crippen LogP contribution in [0.1, 0.15) is 17.0 Å². The van der Waals surface area contributed by atoms with E-state index >= 15 is 0 Å². The molecule has 0 aromatic heterocycles. The molecule has 1 fully saturated rings. The third-order valence-corrected chi connectivity index (χ3v) is 4.30. The number of rotatable bonds is 4. The third kappa shape index (κ3) is 2.92. The molecule has 0 amide bonds. The Labute approximate surface area is 121 Å². The highest BCUT2D eigenvalue weighted by Gasteiger charge is 2.32. The molecule has 20 heavy (non-hydrogen) atoms. The Morgan fingerprint density at radius 1 is 0.900 bits per heavy atom. The van der Waals surface area contributed by atoms with Crippen LogP contribution in [0.15, 0.2) is 60.7 Å². The van der Waals surface area contributed by atoms with Gasteiger partial charge in [-0.3, -0.25) is 4.90 Å². The smallest absolute Gasteiger partial charge is 0.0234 e. The number of hydrogen-bond acceptors (Lipinski definition) is 2. The highest BCUT2D eigenvalue weighted by atomic mass is 15.2. The first kappa shape index (κ1) is 13.3. The summed E-state index contributed by atoms with van der Waals surface area (Å²) in [5.41, 5.74) is 8.81. The highest BCUT2D eigenvalue weighted by Crippen LogP contribution is 2.32. The Hall–Kier alpha value is -1.64. The summed E-state index contributed by atoms with van der Waals surface area (Å²) in [6.07, 6.45) is 0. The molecule has 3 rings (SSSR count). The molecule has 0 saturated carbocycles. The second-order valence-corrected chi connectivity index (χ2v) is 5.69. The van der Waals surface area contributed by atoms with Crippen LogP contribution in [0.25, 0.3) is 0 Å². The zero-order valence-corrected chi connectivity index (χ0v) is 11.8. The van der Waals surface area contributed by atoms with E-state index in [-0.39, 0.29) is 0 Å². The summed E-state index contributed by atoms with van der Waals surface area (Å²) in [5, 5.41) is 0. The lowest BCUT2D eigenvalue weighted by atomic mass is 9.89. The van der Waals surface area contributed by atoms with Crippen LogP contribution in [-0.4, -0.2) is 24.5 Å². The fourth-order valence-corrected chi connectivity index (χ4v) is 3.25. The molecule has 1 aliphatic heterocycles. The summed E-state index contributed by atoms with van der Waals surface area (Å²) in [4.78, 5) is 2.53. The SMILES string of the molecule is NCC1CN(Cc2ccccc2)CC1c1ccccc1. The number of nitrogens with zero attached hydrogens (tertiary/aromatic N) is 1. The summed E-state index contributed by atoms with van der Waals surface area (Å²) >= 11 is 0.